The Kier molecular flexibility index (Phi) is 6.26. The normalized spacial score (nSPS) is 16.9. The highest BCUT2D eigenvalue weighted by molar-refractivity contribution is 8.01. The molecule has 1 aliphatic carbocycles. The molecule has 0 atom stereocenters. The summed E-state index contributed by atoms with van der Waals surface area (Å²) in [6.07, 6.45) is 17.1. The molecule has 0 spiro atoms. The van der Waals surface area contributed by atoms with Gasteiger partial charge in [-0.1, -0.05) is 57.9 Å². The Labute approximate surface area is 106 Å². The van der Waals surface area contributed by atoms with Gasteiger partial charge in [-0.3, -0.25) is 0 Å². The third kappa shape index (κ3) is 4.01. The molecule has 0 N–H and O–H groups in total. The monoisotopic (exact) mass is 238 g/mol. The second kappa shape index (κ2) is 7.21. The first-order valence-corrected chi connectivity index (χ1v) is 7.65. The van der Waals surface area contributed by atoms with Crippen molar-refractivity contribution in [1.82, 2.24) is 0 Å². The summed E-state index contributed by atoms with van der Waals surface area (Å²) >= 11 is 2.19. The average molecular weight is 238 g/mol. The zero-order valence-corrected chi connectivity index (χ0v) is 11.9. The zero-order chi connectivity index (χ0) is 11.9. The fraction of sp³-hybridized carbons (Fsp3) is 0.733. The molecule has 0 bridgehead atoms. The van der Waals surface area contributed by atoms with Gasteiger partial charge in [-0.05, 0) is 25.7 Å². The lowest BCUT2D eigenvalue weighted by molar-refractivity contribution is 0.475. The number of allylic oxidation sites excluding steroid dienone is 2. The summed E-state index contributed by atoms with van der Waals surface area (Å²) in [5.41, 5.74) is 0. The van der Waals surface area contributed by atoms with Crippen molar-refractivity contribution in [2.75, 3.05) is 0 Å². The van der Waals surface area contributed by atoms with E-state index in [1.807, 2.05) is 0 Å². The van der Waals surface area contributed by atoms with Crippen molar-refractivity contribution < 1.29 is 0 Å². The second-order valence-electron chi connectivity index (χ2n) is 4.71. The van der Waals surface area contributed by atoms with Crippen molar-refractivity contribution in [1.29, 1.82) is 0 Å². The zero-order valence-electron chi connectivity index (χ0n) is 11.0. The van der Waals surface area contributed by atoms with Crippen molar-refractivity contribution in [3.63, 3.8) is 0 Å². The lowest BCUT2D eigenvalue weighted by Gasteiger charge is -2.34. The molecule has 0 heterocycles. The van der Waals surface area contributed by atoms with E-state index in [1.165, 1.54) is 32.1 Å². The van der Waals surface area contributed by atoms with Gasteiger partial charge in [0.15, 0.2) is 0 Å². The second-order valence-corrected chi connectivity index (χ2v) is 6.36. The lowest BCUT2D eigenvalue weighted by Crippen LogP contribution is -2.26. The topological polar surface area (TPSA) is 0 Å². The van der Waals surface area contributed by atoms with E-state index in [2.05, 4.69) is 56.8 Å². The highest BCUT2D eigenvalue weighted by atomic mass is 32.2. The molecular weight excluding hydrogens is 212 g/mol. The predicted octanol–water partition coefficient (Wildman–Crippen LogP) is 5.35. The molecule has 1 rings (SSSR count). The summed E-state index contributed by atoms with van der Waals surface area (Å²) in [5.74, 6) is 0. The van der Waals surface area contributed by atoms with Crippen LogP contribution in [0.4, 0.5) is 0 Å². The Bertz CT molecular complexity index is 222. The maximum absolute atomic E-state index is 2.38. The Morgan fingerprint density at radius 1 is 1.06 bits per heavy atom. The fourth-order valence-electron chi connectivity index (χ4n) is 2.53. The van der Waals surface area contributed by atoms with Crippen LogP contribution in [-0.4, -0.2) is 10.00 Å². The molecule has 0 unspecified atom stereocenters. The van der Waals surface area contributed by atoms with E-state index in [-0.39, 0.29) is 0 Å². The molecule has 0 saturated heterocycles. The Hall–Kier alpha value is -0.170. The van der Waals surface area contributed by atoms with Gasteiger partial charge in [0.25, 0.3) is 0 Å². The van der Waals surface area contributed by atoms with Gasteiger partial charge in [-0.2, -0.15) is 0 Å². The maximum atomic E-state index is 2.38. The van der Waals surface area contributed by atoms with E-state index in [1.54, 1.807) is 0 Å². The van der Waals surface area contributed by atoms with Gasteiger partial charge < -0.3 is 0 Å². The minimum atomic E-state index is 0.514. The van der Waals surface area contributed by atoms with Crippen LogP contribution >= 0.6 is 11.8 Å². The van der Waals surface area contributed by atoms with E-state index in [0.717, 1.165) is 6.42 Å². The highest BCUT2D eigenvalue weighted by Crippen LogP contribution is 2.42. The van der Waals surface area contributed by atoms with Crippen molar-refractivity contribution in [3.8, 4) is 0 Å². The molecule has 92 valence electrons. The number of rotatable bonds is 7. The van der Waals surface area contributed by atoms with Gasteiger partial charge in [0.05, 0.1) is 0 Å². The van der Waals surface area contributed by atoms with Gasteiger partial charge >= 0.3 is 0 Å². The molecular formula is C15H26S. The van der Waals surface area contributed by atoms with Crippen LogP contribution in [0.2, 0.25) is 0 Å². The van der Waals surface area contributed by atoms with Crippen LogP contribution in [0.15, 0.2) is 24.3 Å². The minimum absolute atomic E-state index is 0.514. The van der Waals surface area contributed by atoms with Gasteiger partial charge in [-0.25, -0.2) is 0 Å². The molecule has 0 aromatic carbocycles. The summed E-state index contributed by atoms with van der Waals surface area (Å²) < 4.78 is 0.514. The summed E-state index contributed by atoms with van der Waals surface area (Å²) in [6, 6.07) is 0. The summed E-state index contributed by atoms with van der Waals surface area (Å²) in [7, 11) is 0. The van der Waals surface area contributed by atoms with Crippen molar-refractivity contribution in [2.45, 2.75) is 69.3 Å². The Balaban J connectivity index is 2.63. The van der Waals surface area contributed by atoms with Gasteiger partial charge in [0.1, 0.15) is 0 Å². The highest BCUT2D eigenvalue weighted by Gasteiger charge is 2.29. The summed E-state index contributed by atoms with van der Waals surface area (Å²) in [5, 5.41) is 0.617. The fourth-order valence-corrected chi connectivity index (χ4v) is 4.29. The molecule has 0 saturated carbocycles. The molecule has 0 aromatic heterocycles. The third-order valence-corrected chi connectivity index (χ3v) is 5.15. The number of hydrogen-bond donors (Lipinski definition) is 0. The van der Waals surface area contributed by atoms with Crippen LogP contribution in [0, 0.1) is 0 Å². The molecule has 0 nitrogen and oxygen atoms in total. The van der Waals surface area contributed by atoms with E-state index in [0.29, 0.717) is 10.00 Å². The van der Waals surface area contributed by atoms with E-state index in [9.17, 15) is 0 Å². The molecule has 1 aliphatic rings. The number of thioether (sulfide) groups is 1. The Morgan fingerprint density at radius 3 is 2.06 bits per heavy atom. The first-order valence-electron chi connectivity index (χ1n) is 6.77. The van der Waals surface area contributed by atoms with Crippen molar-refractivity contribution in [3.05, 3.63) is 24.3 Å². The molecule has 0 radical (unpaired) electrons. The van der Waals surface area contributed by atoms with Crippen LogP contribution < -0.4 is 0 Å². The van der Waals surface area contributed by atoms with Crippen LogP contribution in [0.1, 0.15) is 59.3 Å². The van der Waals surface area contributed by atoms with Crippen molar-refractivity contribution >= 4 is 11.8 Å². The standard InChI is InChI=1S/C15H26S/c1-4-12-15(6-3,13-5-2)16-14-10-8-7-9-11-14/h8-11,14H,4-7,12-13H2,1-3H3. The molecule has 1 heteroatoms. The Morgan fingerprint density at radius 2 is 1.62 bits per heavy atom. The van der Waals surface area contributed by atoms with Gasteiger partial charge in [-0.15, -0.1) is 11.8 Å². The average Bonchev–Trinajstić information content (AvgIpc) is 2.31. The van der Waals surface area contributed by atoms with Gasteiger partial charge in [0.2, 0.25) is 0 Å². The number of hydrogen-bond acceptors (Lipinski definition) is 1. The van der Waals surface area contributed by atoms with Crippen LogP contribution in [0.3, 0.4) is 0 Å². The SMILES string of the molecule is CCCC(CC)(CCC)SC1C=CCC=C1. The quantitative estimate of drug-likeness (QED) is 0.538. The van der Waals surface area contributed by atoms with Crippen molar-refractivity contribution in [2.24, 2.45) is 0 Å². The van der Waals surface area contributed by atoms with Crippen LogP contribution in [0.5, 0.6) is 0 Å². The first kappa shape index (κ1) is 13.9. The minimum Gasteiger partial charge on any atom is -0.143 e. The smallest absolute Gasteiger partial charge is 0.0413 e. The molecule has 0 fully saturated rings. The maximum Gasteiger partial charge on any atom is 0.0413 e. The van der Waals surface area contributed by atoms with Crippen LogP contribution in [0.25, 0.3) is 0 Å². The van der Waals surface area contributed by atoms with E-state index >= 15 is 0 Å². The van der Waals surface area contributed by atoms with Gasteiger partial charge in [0, 0.05) is 10.00 Å². The van der Waals surface area contributed by atoms with Crippen LogP contribution in [-0.2, 0) is 0 Å². The largest absolute Gasteiger partial charge is 0.143 e. The molecule has 0 amide bonds. The first-order chi connectivity index (χ1) is 7.76. The predicted molar refractivity (Wildman–Crippen MR) is 77.1 cm³/mol. The molecule has 0 aromatic rings. The summed E-state index contributed by atoms with van der Waals surface area (Å²) in [4.78, 5) is 0. The lowest BCUT2D eigenvalue weighted by atomic mass is 9.94. The van der Waals surface area contributed by atoms with E-state index in [4.69, 9.17) is 0 Å². The molecule has 16 heavy (non-hydrogen) atoms. The summed E-state index contributed by atoms with van der Waals surface area (Å²) in [6.45, 7) is 6.98. The molecule has 0 aliphatic heterocycles. The third-order valence-electron chi connectivity index (χ3n) is 3.37. The van der Waals surface area contributed by atoms with E-state index < -0.39 is 0 Å².